The molecule has 2 fully saturated rings. The summed E-state index contributed by atoms with van der Waals surface area (Å²) in [5, 5.41) is 0. The number of carbonyl (C=O) groups is 1. The maximum atomic E-state index is 11.1. The maximum absolute atomic E-state index is 11.1. The molecule has 0 aromatic carbocycles. The van der Waals surface area contributed by atoms with Gasteiger partial charge in [0.15, 0.2) is 0 Å². The molecule has 0 amide bonds. The number of piperidine rings is 1. The van der Waals surface area contributed by atoms with Gasteiger partial charge in [-0.3, -0.25) is 4.90 Å². The predicted molar refractivity (Wildman–Crippen MR) is 66.5 cm³/mol. The lowest BCUT2D eigenvalue weighted by Crippen LogP contribution is -2.57. The van der Waals surface area contributed by atoms with Crippen LogP contribution >= 0.6 is 0 Å². The van der Waals surface area contributed by atoms with Crippen LogP contribution in [0.1, 0.15) is 26.2 Å². The van der Waals surface area contributed by atoms with Gasteiger partial charge in [-0.05, 0) is 26.3 Å². The quantitative estimate of drug-likeness (QED) is 0.535. The molecular weight excluding hydrogens is 216 g/mol. The van der Waals surface area contributed by atoms with Crippen LogP contribution in [-0.4, -0.2) is 54.6 Å². The Kier molecular flexibility index (Phi) is 4.05. The van der Waals surface area contributed by atoms with Crippen molar-refractivity contribution in [3.05, 3.63) is 12.3 Å². The van der Waals surface area contributed by atoms with E-state index in [2.05, 4.69) is 21.5 Å². The maximum Gasteiger partial charge on any atom is 0.331 e. The molecule has 2 unspecified atom stereocenters. The SMILES string of the molecule is COC(=O)C=CN1CC2CCCCN2CC1C. The van der Waals surface area contributed by atoms with Crippen LogP contribution in [0.4, 0.5) is 0 Å². The molecular formula is C13H22N2O2. The number of hydrogen-bond donors (Lipinski definition) is 0. The summed E-state index contributed by atoms with van der Waals surface area (Å²) in [7, 11) is 1.41. The van der Waals surface area contributed by atoms with Crippen LogP contribution in [0.25, 0.3) is 0 Å². The van der Waals surface area contributed by atoms with Gasteiger partial charge in [0.25, 0.3) is 0 Å². The van der Waals surface area contributed by atoms with Crippen molar-refractivity contribution in [2.45, 2.75) is 38.3 Å². The van der Waals surface area contributed by atoms with E-state index < -0.39 is 0 Å². The van der Waals surface area contributed by atoms with Gasteiger partial charge in [-0.1, -0.05) is 6.42 Å². The van der Waals surface area contributed by atoms with Gasteiger partial charge in [0.1, 0.15) is 0 Å². The number of rotatable bonds is 2. The summed E-state index contributed by atoms with van der Waals surface area (Å²) in [4.78, 5) is 16.0. The Morgan fingerprint density at radius 3 is 2.94 bits per heavy atom. The number of hydrogen-bond acceptors (Lipinski definition) is 4. The minimum Gasteiger partial charge on any atom is -0.466 e. The van der Waals surface area contributed by atoms with Gasteiger partial charge in [0.2, 0.25) is 0 Å². The summed E-state index contributed by atoms with van der Waals surface area (Å²) in [6.45, 7) is 5.60. The molecule has 0 aliphatic carbocycles. The highest BCUT2D eigenvalue weighted by atomic mass is 16.5. The second kappa shape index (κ2) is 5.54. The van der Waals surface area contributed by atoms with Crippen molar-refractivity contribution in [3.8, 4) is 0 Å². The average molecular weight is 238 g/mol. The number of fused-ring (bicyclic) bond motifs is 1. The zero-order valence-corrected chi connectivity index (χ0v) is 10.8. The molecule has 0 N–H and O–H groups in total. The molecule has 17 heavy (non-hydrogen) atoms. The van der Waals surface area contributed by atoms with E-state index in [0.717, 1.165) is 13.1 Å². The standard InChI is InChI=1S/C13H22N2O2/c1-11-9-15-7-4-3-5-12(15)10-14(11)8-6-13(16)17-2/h6,8,11-12H,3-5,7,9-10H2,1-2H3. The number of esters is 1. The lowest BCUT2D eigenvalue weighted by molar-refractivity contribution is -0.134. The van der Waals surface area contributed by atoms with Crippen molar-refractivity contribution in [1.29, 1.82) is 0 Å². The Labute approximate surface area is 103 Å². The highest BCUT2D eigenvalue weighted by Crippen LogP contribution is 2.23. The van der Waals surface area contributed by atoms with E-state index in [1.165, 1.54) is 39.0 Å². The first-order valence-electron chi connectivity index (χ1n) is 6.46. The smallest absolute Gasteiger partial charge is 0.331 e. The third-order valence-electron chi connectivity index (χ3n) is 3.84. The summed E-state index contributed by atoms with van der Waals surface area (Å²) < 4.78 is 4.62. The summed E-state index contributed by atoms with van der Waals surface area (Å²) in [5.41, 5.74) is 0. The van der Waals surface area contributed by atoms with Crippen LogP contribution in [0.5, 0.6) is 0 Å². The number of carbonyl (C=O) groups excluding carboxylic acids is 1. The molecule has 2 heterocycles. The molecule has 0 saturated carbocycles. The molecule has 2 aliphatic rings. The number of piperazine rings is 1. The first-order chi connectivity index (χ1) is 8.20. The van der Waals surface area contributed by atoms with Crippen molar-refractivity contribution in [2.75, 3.05) is 26.7 Å². The molecule has 0 spiro atoms. The Hall–Kier alpha value is -1.03. The van der Waals surface area contributed by atoms with E-state index >= 15 is 0 Å². The monoisotopic (exact) mass is 238 g/mol. The van der Waals surface area contributed by atoms with Crippen LogP contribution in [0.2, 0.25) is 0 Å². The number of methoxy groups -OCH3 is 1. The molecule has 0 radical (unpaired) electrons. The molecule has 0 aromatic heterocycles. The molecule has 2 saturated heterocycles. The Morgan fingerprint density at radius 2 is 2.18 bits per heavy atom. The minimum atomic E-state index is -0.275. The first-order valence-corrected chi connectivity index (χ1v) is 6.46. The van der Waals surface area contributed by atoms with Crippen LogP contribution < -0.4 is 0 Å². The van der Waals surface area contributed by atoms with Crippen molar-refractivity contribution < 1.29 is 9.53 Å². The number of ether oxygens (including phenoxy) is 1. The first kappa shape index (κ1) is 12.4. The third-order valence-corrected chi connectivity index (χ3v) is 3.84. The van der Waals surface area contributed by atoms with Crippen LogP contribution in [-0.2, 0) is 9.53 Å². The molecule has 0 aromatic rings. The third kappa shape index (κ3) is 3.00. The van der Waals surface area contributed by atoms with E-state index in [4.69, 9.17) is 0 Å². The van der Waals surface area contributed by atoms with Crippen molar-refractivity contribution in [1.82, 2.24) is 9.80 Å². The summed E-state index contributed by atoms with van der Waals surface area (Å²) >= 11 is 0. The van der Waals surface area contributed by atoms with Gasteiger partial charge in [-0.25, -0.2) is 4.79 Å². The molecule has 96 valence electrons. The molecule has 4 nitrogen and oxygen atoms in total. The van der Waals surface area contributed by atoms with Gasteiger partial charge < -0.3 is 9.64 Å². The Balaban J connectivity index is 1.94. The highest BCUT2D eigenvalue weighted by Gasteiger charge is 2.31. The zero-order valence-electron chi connectivity index (χ0n) is 10.8. The van der Waals surface area contributed by atoms with Gasteiger partial charge in [-0.15, -0.1) is 0 Å². The number of nitrogens with zero attached hydrogens (tertiary/aromatic N) is 2. The minimum absolute atomic E-state index is 0.275. The second-order valence-electron chi connectivity index (χ2n) is 5.03. The largest absolute Gasteiger partial charge is 0.466 e. The van der Waals surface area contributed by atoms with E-state index in [-0.39, 0.29) is 5.97 Å². The van der Waals surface area contributed by atoms with Gasteiger partial charge in [0, 0.05) is 37.4 Å². The second-order valence-corrected chi connectivity index (χ2v) is 5.03. The van der Waals surface area contributed by atoms with Gasteiger partial charge in [-0.2, -0.15) is 0 Å². The van der Waals surface area contributed by atoms with E-state index in [1.807, 2.05) is 6.20 Å². The Morgan fingerprint density at radius 1 is 1.35 bits per heavy atom. The topological polar surface area (TPSA) is 32.8 Å². The van der Waals surface area contributed by atoms with Gasteiger partial charge in [0.05, 0.1) is 7.11 Å². The van der Waals surface area contributed by atoms with E-state index in [0.29, 0.717) is 12.1 Å². The van der Waals surface area contributed by atoms with E-state index in [1.54, 1.807) is 0 Å². The molecule has 0 bridgehead atoms. The fourth-order valence-electron chi connectivity index (χ4n) is 2.81. The van der Waals surface area contributed by atoms with E-state index in [9.17, 15) is 4.79 Å². The summed E-state index contributed by atoms with van der Waals surface area (Å²) in [6, 6.07) is 1.15. The lowest BCUT2D eigenvalue weighted by Gasteiger charge is -2.47. The van der Waals surface area contributed by atoms with Crippen molar-refractivity contribution in [2.24, 2.45) is 0 Å². The molecule has 4 heteroatoms. The van der Waals surface area contributed by atoms with Crippen LogP contribution in [0.15, 0.2) is 12.3 Å². The normalized spacial score (nSPS) is 30.4. The summed E-state index contributed by atoms with van der Waals surface area (Å²) in [6.07, 6.45) is 7.37. The zero-order chi connectivity index (χ0) is 12.3. The fraction of sp³-hybridized carbons (Fsp3) is 0.769. The molecule has 2 atom stereocenters. The predicted octanol–water partition coefficient (Wildman–Crippen LogP) is 1.23. The fourth-order valence-corrected chi connectivity index (χ4v) is 2.81. The lowest BCUT2D eigenvalue weighted by atomic mass is 9.97. The Bertz CT molecular complexity index is 304. The highest BCUT2D eigenvalue weighted by molar-refractivity contribution is 5.81. The summed E-state index contributed by atoms with van der Waals surface area (Å²) in [5.74, 6) is -0.275. The molecule has 2 aliphatic heterocycles. The van der Waals surface area contributed by atoms with Crippen LogP contribution in [0.3, 0.4) is 0 Å². The van der Waals surface area contributed by atoms with Gasteiger partial charge >= 0.3 is 5.97 Å². The average Bonchev–Trinajstić information content (AvgIpc) is 2.35. The van der Waals surface area contributed by atoms with Crippen molar-refractivity contribution >= 4 is 5.97 Å². The van der Waals surface area contributed by atoms with Crippen LogP contribution in [0, 0.1) is 0 Å². The van der Waals surface area contributed by atoms with Crippen molar-refractivity contribution in [3.63, 3.8) is 0 Å². The molecule has 2 rings (SSSR count).